The molecule has 1 saturated carbocycles. The van der Waals surface area contributed by atoms with Crippen molar-refractivity contribution in [1.29, 1.82) is 0 Å². The van der Waals surface area contributed by atoms with E-state index in [0.29, 0.717) is 61.0 Å². The van der Waals surface area contributed by atoms with Crippen molar-refractivity contribution >= 4 is 17.6 Å². The van der Waals surface area contributed by atoms with Gasteiger partial charge in [0.05, 0.1) is 35.2 Å². The predicted molar refractivity (Wildman–Crippen MR) is 148 cm³/mol. The number of nitrogens with zero attached hydrogens (tertiary/aromatic N) is 6. The molecule has 2 aliphatic heterocycles. The Morgan fingerprint density at radius 2 is 1.89 bits per heavy atom. The summed E-state index contributed by atoms with van der Waals surface area (Å²) in [6.45, 7) is 2.51. The van der Waals surface area contributed by atoms with Gasteiger partial charge in [0.25, 0.3) is 11.7 Å². The monoisotopic (exact) mass is 618 g/mol. The zero-order valence-corrected chi connectivity index (χ0v) is 24.6. The lowest BCUT2D eigenvalue weighted by molar-refractivity contribution is -0.183. The zero-order chi connectivity index (χ0) is 30.8. The molecule has 2 N–H and O–H groups in total. The Hall–Kier alpha value is -3.62. The molecule has 3 atom stereocenters. The van der Waals surface area contributed by atoms with Crippen molar-refractivity contribution < 1.29 is 32.1 Å². The summed E-state index contributed by atoms with van der Waals surface area (Å²) in [6, 6.07) is -0.445. The molecule has 0 spiro atoms. The minimum absolute atomic E-state index is 0.0255. The molecule has 3 aliphatic rings. The molecular formula is C29H37F3N8O4. The molecular weight excluding hydrogens is 581 g/mol. The van der Waals surface area contributed by atoms with Gasteiger partial charge in [-0.05, 0) is 49.6 Å². The number of hydrogen-bond acceptors (Lipinski definition) is 9. The maximum atomic E-state index is 13.6. The normalized spacial score (nSPS) is 23.0. The smallest absolute Gasteiger partial charge is 0.381 e. The van der Waals surface area contributed by atoms with E-state index in [2.05, 4.69) is 20.9 Å². The van der Waals surface area contributed by atoms with Gasteiger partial charge in [-0.25, -0.2) is 19.1 Å². The molecule has 3 aromatic heterocycles. The van der Waals surface area contributed by atoms with Crippen molar-refractivity contribution in [3.8, 4) is 0 Å². The minimum Gasteiger partial charge on any atom is -0.381 e. The number of imidazole rings is 1. The number of nitrogens with one attached hydrogen (secondary N) is 2. The largest absolute Gasteiger partial charge is 0.393 e. The molecule has 3 fully saturated rings. The highest BCUT2D eigenvalue weighted by Crippen LogP contribution is 2.37. The van der Waals surface area contributed by atoms with Gasteiger partial charge in [0.15, 0.2) is 5.69 Å². The summed E-state index contributed by atoms with van der Waals surface area (Å²) in [5, 5.41) is 18.0. The fraction of sp³-hybridized carbons (Fsp3) is 0.690. The van der Waals surface area contributed by atoms with Crippen molar-refractivity contribution in [2.45, 2.75) is 89.3 Å². The zero-order valence-electron chi connectivity index (χ0n) is 24.6. The maximum Gasteiger partial charge on any atom is 0.393 e. The number of carbonyl (C=O) groups is 2. The maximum absolute atomic E-state index is 13.6. The van der Waals surface area contributed by atoms with Gasteiger partial charge in [-0.2, -0.15) is 18.3 Å². The molecule has 2 amide bonds. The highest BCUT2D eigenvalue weighted by molar-refractivity contribution is 5.93. The molecule has 1 aliphatic carbocycles. The van der Waals surface area contributed by atoms with Crippen LogP contribution in [0, 0.1) is 17.8 Å². The van der Waals surface area contributed by atoms with Crippen molar-refractivity contribution in [2.24, 2.45) is 17.8 Å². The van der Waals surface area contributed by atoms with Gasteiger partial charge in [0.1, 0.15) is 5.69 Å². The number of piperidine rings is 1. The van der Waals surface area contributed by atoms with Crippen LogP contribution in [0.2, 0.25) is 0 Å². The van der Waals surface area contributed by atoms with E-state index in [1.807, 2.05) is 6.92 Å². The number of halogens is 3. The summed E-state index contributed by atoms with van der Waals surface area (Å²) in [5.74, 6) is -2.88. The van der Waals surface area contributed by atoms with Crippen molar-refractivity contribution in [3.63, 3.8) is 0 Å². The van der Waals surface area contributed by atoms with Gasteiger partial charge in [0, 0.05) is 38.0 Å². The number of carbonyl (C=O) groups excluding carboxylic acids is 2. The molecule has 12 nitrogen and oxygen atoms in total. The van der Waals surface area contributed by atoms with Crippen LogP contribution in [0.5, 0.6) is 0 Å². The number of hydrogen-bond donors (Lipinski definition) is 2. The van der Waals surface area contributed by atoms with E-state index in [9.17, 15) is 22.8 Å². The first-order valence-electron chi connectivity index (χ1n) is 15.5. The fourth-order valence-corrected chi connectivity index (χ4v) is 6.76. The Bertz CT molecular complexity index is 1480. The number of ether oxygens (including phenoxy) is 1. The molecule has 0 aromatic carbocycles. The third kappa shape index (κ3) is 6.42. The number of alkyl halides is 3. The molecule has 0 unspecified atom stereocenters. The van der Waals surface area contributed by atoms with Gasteiger partial charge in [-0.1, -0.05) is 31.3 Å². The van der Waals surface area contributed by atoms with Crippen molar-refractivity contribution in [2.75, 3.05) is 19.8 Å². The van der Waals surface area contributed by atoms with Crippen LogP contribution in [0.25, 0.3) is 5.78 Å². The van der Waals surface area contributed by atoms with Crippen molar-refractivity contribution in [3.05, 3.63) is 34.7 Å². The summed E-state index contributed by atoms with van der Waals surface area (Å²) in [4.78, 5) is 35.8. The lowest BCUT2D eigenvalue weighted by Crippen LogP contribution is -2.47. The molecule has 3 aromatic rings. The summed E-state index contributed by atoms with van der Waals surface area (Å²) in [7, 11) is 0. The average molecular weight is 619 g/mol. The lowest BCUT2D eigenvalue weighted by Gasteiger charge is -2.31. The van der Waals surface area contributed by atoms with Crippen molar-refractivity contribution in [1.82, 2.24) is 40.5 Å². The van der Waals surface area contributed by atoms with Crippen LogP contribution >= 0.6 is 0 Å². The van der Waals surface area contributed by atoms with E-state index in [-0.39, 0.29) is 30.4 Å². The van der Waals surface area contributed by atoms with Crippen LogP contribution in [0.1, 0.15) is 104 Å². The van der Waals surface area contributed by atoms with Gasteiger partial charge >= 0.3 is 6.18 Å². The first-order chi connectivity index (χ1) is 21.2. The van der Waals surface area contributed by atoms with E-state index in [1.165, 1.54) is 4.52 Å². The summed E-state index contributed by atoms with van der Waals surface area (Å²) < 4.78 is 52.6. The first kappa shape index (κ1) is 30.4. The van der Waals surface area contributed by atoms with E-state index < -0.39 is 42.4 Å². The SMILES string of the molecule is CCc1nonc1C(=O)N[C@H](c1cn2nc(C[C@H]3C[C@@H](C(F)(F)F)CNC3=O)c(C3CCOCC3)nc2n1)C1CCCCC1. The molecule has 5 heterocycles. The molecule has 2 saturated heterocycles. The second-order valence-electron chi connectivity index (χ2n) is 12.1. The number of amides is 2. The van der Waals surface area contributed by atoms with Crippen LogP contribution in [-0.4, -0.2) is 67.6 Å². The second kappa shape index (κ2) is 12.8. The van der Waals surface area contributed by atoms with E-state index >= 15 is 0 Å². The topological polar surface area (TPSA) is 149 Å². The Morgan fingerprint density at radius 1 is 1.11 bits per heavy atom. The Balaban J connectivity index is 1.35. The standard InChI is InChI=1S/C29H37F3N8O4/c1-2-20-25(39-44-38-20)27(42)35-24(16-6-4-3-5-7-16)22-15-40-28(34-22)36-23(17-8-10-43-11-9-17)21(37-40)13-18-12-19(29(30,31)32)14-33-26(18)41/h15-19,24H,2-14H2,1H3,(H,33,41)(H,35,42)/t18-,19-,24+/m1/s1. The van der Waals surface area contributed by atoms with Gasteiger partial charge < -0.3 is 15.4 Å². The Kier molecular flexibility index (Phi) is 8.83. The third-order valence-corrected chi connectivity index (χ3v) is 9.24. The molecule has 15 heteroatoms. The summed E-state index contributed by atoms with van der Waals surface area (Å²) >= 11 is 0. The first-order valence-corrected chi connectivity index (χ1v) is 15.5. The van der Waals surface area contributed by atoms with E-state index in [4.69, 9.17) is 24.4 Å². The predicted octanol–water partition coefficient (Wildman–Crippen LogP) is 3.87. The molecule has 0 bridgehead atoms. The summed E-state index contributed by atoms with van der Waals surface area (Å²) in [5.41, 5.74) is 2.31. The highest BCUT2D eigenvalue weighted by atomic mass is 19.4. The Labute approximate surface area is 251 Å². The van der Waals surface area contributed by atoms with E-state index in [0.717, 1.165) is 32.1 Å². The quantitative estimate of drug-likeness (QED) is 0.384. The summed E-state index contributed by atoms with van der Waals surface area (Å²) in [6.07, 6.45) is 3.92. The highest BCUT2D eigenvalue weighted by Gasteiger charge is 2.45. The molecule has 0 radical (unpaired) electrons. The average Bonchev–Trinajstić information content (AvgIpc) is 3.68. The third-order valence-electron chi connectivity index (χ3n) is 9.24. The molecule has 44 heavy (non-hydrogen) atoms. The number of aromatic nitrogens is 6. The molecule has 6 rings (SSSR count). The van der Waals surface area contributed by atoms with E-state index in [1.54, 1.807) is 6.20 Å². The van der Waals surface area contributed by atoms with Crippen LogP contribution in [0.15, 0.2) is 10.8 Å². The number of rotatable bonds is 8. The minimum atomic E-state index is -4.40. The van der Waals surface area contributed by atoms with Crippen LogP contribution in [0.3, 0.4) is 0 Å². The number of aryl methyl sites for hydroxylation is 1. The van der Waals surface area contributed by atoms with Crippen LogP contribution < -0.4 is 10.6 Å². The van der Waals surface area contributed by atoms with Crippen LogP contribution in [0.4, 0.5) is 13.2 Å². The van der Waals surface area contributed by atoms with Gasteiger partial charge in [-0.3, -0.25) is 9.59 Å². The van der Waals surface area contributed by atoms with Gasteiger partial charge in [-0.15, -0.1) is 0 Å². The number of fused-ring (bicyclic) bond motifs is 1. The fourth-order valence-electron chi connectivity index (χ4n) is 6.76. The molecule has 238 valence electrons. The lowest BCUT2D eigenvalue weighted by atomic mass is 9.82. The van der Waals surface area contributed by atoms with Crippen LogP contribution in [-0.2, 0) is 22.4 Å². The van der Waals surface area contributed by atoms with Gasteiger partial charge in [0.2, 0.25) is 5.91 Å². The Morgan fingerprint density at radius 3 is 2.61 bits per heavy atom. The second-order valence-corrected chi connectivity index (χ2v) is 12.1.